The highest BCUT2D eigenvalue weighted by molar-refractivity contribution is 7.09. The lowest BCUT2D eigenvalue weighted by atomic mass is 10.2. The molecule has 2 aromatic rings. The molecular weight excluding hydrogens is 305 g/mol. The van der Waals surface area contributed by atoms with Crippen LogP contribution in [-0.2, 0) is 0 Å². The maximum atomic E-state index is 13.0. The van der Waals surface area contributed by atoms with Gasteiger partial charge in [0.2, 0.25) is 0 Å². The Morgan fingerprint density at radius 3 is 2.62 bits per heavy atom. The van der Waals surface area contributed by atoms with Crippen LogP contribution in [0.15, 0.2) is 23.8 Å². The van der Waals surface area contributed by atoms with Gasteiger partial charge in [-0.05, 0) is 19.9 Å². The number of nitrogens with one attached hydrogen (secondary N) is 1. The summed E-state index contributed by atoms with van der Waals surface area (Å²) >= 11 is 0.834. The number of amides is 1. The lowest BCUT2D eigenvalue weighted by Gasteiger charge is -2.18. The first-order valence-corrected chi connectivity index (χ1v) is 6.99. The zero-order valence-corrected chi connectivity index (χ0v) is 12.1. The van der Waals surface area contributed by atoms with E-state index < -0.39 is 18.1 Å². The summed E-state index contributed by atoms with van der Waals surface area (Å²) in [5.74, 6) is -0.882. The van der Waals surface area contributed by atoms with Crippen LogP contribution < -0.4 is 5.32 Å². The van der Waals surface area contributed by atoms with Crippen LogP contribution in [0.2, 0.25) is 0 Å². The fraction of sp³-hybridized carbons (Fsp3) is 0.417. The second-order valence-electron chi connectivity index (χ2n) is 4.59. The normalized spacial score (nSPS) is 13.4. The number of halogens is 3. The van der Waals surface area contributed by atoms with Crippen molar-refractivity contribution in [2.24, 2.45) is 0 Å². The predicted molar refractivity (Wildman–Crippen MR) is 71.0 cm³/mol. The Hall–Kier alpha value is -1.90. The fourth-order valence-electron chi connectivity index (χ4n) is 1.61. The second-order valence-corrected chi connectivity index (χ2v) is 5.52. The van der Waals surface area contributed by atoms with Gasteiger partial charge in [-0.25, -0.2) is 4.98 Å². The summed E-state index contributed by atoms with van der Waals surface area (Å²) < 4.78 is 40.6. The number of hydrogen-bond donors (Lipinski definition) is 1. The third kappa shape index (κ3) is 3.60. The molecular formula is C12H13F3N4OS. The van der Waals surface area contributed by atoms with Crippen molar-refractivity contribution in [3.05, 3.63) is 34.5 Å². The van der Waals surface area contributed by atoms with Crippen LogP contribution in [0.1, 0.15) is 41.4 Å². The van der Waals surface area contributed by atoms with Crippen molar-refractivity contribution in [1.29, 1.82) is 0 Å². The summed E-state index contributed by atoms with van der Waals surface area (Å²) in [6, 6.07) is -0.733. The number of carbonyl (C=O) groups excluding carboxylic acids is 1. The van der Waals surface area contributed by atoms with Crippen LogP contribution in [-0.4, -0.2) is 26.8 Å². The summed E-state index contributed by atoms with van der Waals surface area (Å²) in [4.78, 5) is 15.5. The van der Waals surface area contributed by atoms with Gasteiger partial charge in [0.25, 0.3) is 5.91 Å². The zero-order valence-electron chi connectivity index (χ0n) is 11.3. The predicted octanol–water partition coefficient (Wildman–Crippen LogP) is 2.95. The number of aromatic nitrogens is 3. The Balaban J connectivity index is 2.18. The van der Waals surface area contributed by atoms with Gasteiger partial charge in [-0.15, -0.1) is 11.3 Å². The minimum Gasteiger partial charge on any atom is -0.333 e. The van der Waals surface area contributed by atoms with Crippen LogP contribution in [0, 0.1) is 0 Å². The van der Waals surface area contributed by atoms with Crippen LogP contribution in [0.25, 0.3) is 0 Å². The summed E-state index contributed by atoms with van der Waals surface area (Å²) in [5, 5.41) is 7.10. The van der Waals surface area contributed by atoms with E-state index in [1.54, 1.807) is 6.20 Å². The molecule has 0 fully saturated rings. The van der Waals surface area contributed by atoms with E-state index >= 15 is 0 Å². The molecule has 0 radical (unpaired) electrons. The van der Waals surface area contributed by atoms with E-state index in [4.69, 9.17) is 0 Å². The number of nitrogens with zero attached hydrogens (tertiary/aromatic N) is 3. The van der Waals surface area contributed by atoms with Crippen LogP contribution >= 0.6 is 11.3 Å². The van der Waals surface area contributed by atoms with Gasteiger partial charge in [0.15, 0.2) is 6.04 Å². The smallest absolute Gasteiger partial charge is 0.333 e. The average molecular weight is 318 g/mol. The van der Waals surface area contributed by atoms with Gasteiger partial charge in [-0.2, -0.15) is 18.3 Å². The molecule has 0 aliphatic rings. The monoisotopic (exact) mass is 318 g/mol. The minimum atomic E-state index is -4.62. The molecule has 2 heterocycles. The summed E-state index contributed by atoms with van der Waals surface area (Å²) in [6.45, 7) is 3.70. The number of hydrogen-bond acceptors (Lipinski definition) is 4. The van der Waals surface area contributed by atoms with E-state index in [-0.39, 0.29) is 16.7 Å². The van der Waals surface area contributed by atoms with Crippen molar-refractivity contribution in [3.8, 4) is 0 Å². The first-order valence-electron chi connectivity index (χ1n) is 6.11. The van der Waals surface area contributed by atoms with E-state index in [2.05, 4.69) is 10.1 Å². The average Bonchev–Trinajstić information content (AvgIpc) is 3.05. The molecule has 0 aliphatic heterocycles. The van der Waals surface area contributed by atoms with E-state index in [1.807, 2.05) is 19.2 Å². The molecule has 1 N–H and O–H groups in total. The molecule has 0 bridgehead atoms. The Morgan fingerprint density at radius 1 is 1.43 bits per heavy atom. The standard InChI is InChI=1S/C12H13F3N4OS/c1-7(2)19-5-3-8(18-19)10(20)17-9(12(13,14)15)11-16-4-6-21-11/h3-7,9H,1-2H3,(H,17,20)/t9-/m1/s1. The van der Waals surface area contributed by atoms with Crippen LogP contribution in [0.4, 0.5) is 13.2 Å². The Kier molecular flexibility index (Phi) is 4.31. The molecule has 1 atom stereocenters. The van der Waals surface area contributed by atoms with Gasteiger partial charge in [0.1, 0.15) is 10.7 Å². The van der Waals surface area contributed by atoms with E-state index in [9.17, 15) is 18.0 Å². The molecule has 0 spiro atoms. The Bertz CT molecular complexity index is 606. The van der Waals surface area contributed by atoms with E-state index in [0.717, 1.165) is 11.3 Å². The maximum Gasteiger partial charge on any atom is 0.415 e. The van der Waals surface area contributed by atoms with Crippen molar-refractivity contribution < 1.29 is 18.0 Å². The topological polar surface area (TPSA) is 59.8 Å². The van der Waals surface area contributed by atoms with Crippen LogP contribution in [0.5, 0.6) is 0 Å². The SMILES string of the molecule is CC(C)n1ccc(C(=O)N[C@H](c2nccs2)C(F)(F)F)n1. The van der Waals surface area contributed by atoms with Crippen molar-refractivity contribution in [2.45, 2.75) is 32.1 Å². The van der Waals surface area contributed by atoms with Crippen molar-refractivity contribution >= 4 is 17.2 Å². The maximum absolute atomic E-state index is 13.0. The van der Waals surface area contributed by atoms with Crippen LogP contribution in [0.3, 0.4) is 0 Å². The summed E-state index contributed by atoms with van der Waals surface area (Å²) in [6.07, 6.45) is -1.81. The summed E-state index contributed by atoms with van der Waals surface area (Å²) in [7, 11) is 0. The largest absolute Gasteiger partial charge is 0.415 e. The highest BCUT2D eigenvalue weighted by atomic mass is 32.1. The first-order chi connectivity index (χ1) is 9.79. The number of thiazole rings is 1. The van der Waals surface area contributed by atoms with Gasteiger partial charge < -0.3 is 5.32 Å². The lowest BCUT2D eigenvalue weighted by Crippen LogP contribution is -2.38. The molecule has 0 unspecified atom stereocenters. The third-order valence-corrected chi connectivity index (χ3v) is 3.51. The molecule has 21 heavy (non-hydrogen) atoms. The van der Waals surface area contributed by atoms with E-state index in [1.165, 1.54) is 22.3 Å². The molecule has 0 saturated carbocycles. The Morgan fingerprint density at radius 2 is 2.14 bits per heavy atom. The van der Waals surface area contributed by atoms with Gasteiger partial charge in [-0.3, -0.25) is 9.48 Å². The highest BCUT2D eigenvalue weighted by Crippen LogP contribution is 2.33. The molecule has 2 aromatic heterocycles. The minimum absolute atomic E-state index is 0.0175. The zero-order chi connectivity index (χ0) is 15.6. The Labute approximate surface area is 122 Å². The molecule has 114 valence electrons. The third-order valence-electron chi connectivity index (χ3n) is 2.67. The number of carbonyl (C=O) groups is 1. The van der Waals surface area contributed by atoms with Gasteiger partial charge in [0.05, 0.1) is 0 Å². The molecule has 1 amide bonds. The summed E-state index contributed by atoms with van der Waals surface area (Å²) in [5.41, 5.74) is -0.0606. The first kappa shape index (κ1) is 15.5. The highest BCUT2D eigenvalue weighted by Gasteiger charge is 2.43. The quantitative estimate of drug-likeness (QED) is 0.943. The van der Waals surface area contributed by atoms with Crippen molar-refractivity contribution in [2.75, 3.05) is 0 Å². The molecule has 0 saturated heterocycles. The number of alkyl halides is 3. The molecule has 0 aliphatic carbocycles. The fourth-order valence-corrected chi connectivity index (χ4v) is 2.32. The molecule has 9 heteroatoms. The van der Waals surface area contributed by atoms with Crippen molar-refractivity contribution in [3.63, 3.8) is 0 Å². The second kappa shape index (κ2) is 5.84. The van der Waals surface area contributed by atoms with Gasteiger partial charge in [0, 0.05) is 23.8 Å². The van der Waals surface area contributed by atoms with Gasteiger partial charge >= 0.3 is 6.18 Å². The molecule has 5 nitrogen and oxygen atoms in total. The number of rotatable bonds is 4. The lowest BCUT2D eigenvalue weighted by molar-refractivity contribution is -0.155. The van der Waals surface area contributed by atoms with Gasteiger partial charge in [-0.1, -0.05) is 0 Å². The molecule has 2 rings (SSSR count). The van der Waals surface area contributed by atoms with Crippen molar-refractivity contribution in [1.82, 2.24) is 20.1 Å². The molecule has 0 aromatic carbocycles. The van der Waals surface area contributed by atoms with E-state index in [0.29, 0.717) is 0 Å².